The molecule has 0 N–H and O–H groups in total. The Labute approximate surface area is 238 Å². The number of hydrogen-bond donors (Lipinski definition) is 0. The molecule has 1 aliphatic carbocycles. The van der Waals surface area contributed by atoms with E-state index in [1.165, 1.54) is 0 Å². The van der Waals surface area contributed by atoms with E-state index in [4.69, 9.17) is 18.9 Å². The predicted octanol–water partition coefficient (Wildman–Crippen LogP) is 5.21. The third kappa shape index (κ3) is 6.90. The number of fused-ring (bicyclic) bond motifs is 4. The highest BCUT2D eigenvalue weighted by Gasteiger charge is 2.43. The molecule has 212 valence electrons. The second kappa shape index (κ2) is 13.6. The molecule has 0 unspecified atom stereocenters. The topological polar surface area (TPSA) is 105 Å². The summed E-state index contributed by atoms with van der Waals surface area (Å²) in [6, 6.07) is 20.4. The van der Waals surface area contributed by atoms with E-state index in [0.717, 1.165) is 45.2 Å². The van der Waals surface area contributed by atoms with E-state index in [-0.39, 0.29) is 39.3 Å². The highest BCUT2D eigenvalue weighted by molar-refractivity contribution is 5.94. The first kappa shape index (κ1) is 29.3. The van der Waals surface area contributed by atoms with Crippen LogP contribution in [0.1, 0.15) is 36.8 Å². The highest BCUT2D eigenvalue weighted by Crippen LogP contribution is 2.54. The van der Waals surface area contributed by atoms with E-state index < -0.39 is 29.3 Å². The summed E-state index contributed by atoms with van der Waals surface area (Å²) in [5, 5.41) is 2.15. The smallest absolute Gasteiger partial charge is 0.330 e. The number of rotatable bonds is 14. The van der Waals surface area contributed by atoms with Crippen LogP contribution in [0.5, 0.6) is 0 Å². The van der Waals surface area contributed by atoms with Gasteiger partial charge >= 0.3 is 23.9 Å². The first-order valence-corrected chi connectivity index (χ1v) is 13.4. The predicted molar refractivity (Wildman–Crippen MR) is 153 cm³/mol. The number of carbonyl (C=O) groups excluding carboxylic acids is 4. The normalized spacial score (nSPS) is 12.5. The van der Waals surface area contributed by atoms with Crippen LogP contribution in [0.25, 0.3) is 21.9 Å². The van der Waals surface area contributed by atoms with Crippen molar-refractivity contribution in [2.24, 2.45) is 0 Å². The standard InChI is InChI=1S/C33H32O8/c1-3-29(34)38-17-19-40-31(36)13-15-33(16-14-32(37)41-20-18-39-30(35)4-2)27-12-8-7-11-25(27)26-21-23-9-5-6-10-24(23)22-28(26)33/h3-12,21-22H,1-2,13-20H2. The lowest BCUT2D eigenvalue weighted by Gasteiger charge is -2.32. The molecule has 41 heavy (non-hydrogen) atoms. The van der Waals surface area contributed by atoms with Crippen molar-refractivity contribution in [3.8, 4) is 11.1 Å². The van der Waals surface area contributed by atoms with Gasteiger partial charge in [-0.15, -0.1) is 0 Å². The van der Waals surface area contributed by atoms with E-state index in [1.807, 2.05) is 36.4 Å². The molecule has 0 aromatic heterocycles. The van der Waals surface area contributed by atoms with E-state index in [2.05, 4.69) is 37.4 Å². The zero-order valence-electron chi connectivity index (χ0n) is 22.8. The molecular formula is C33H32O8. The first-order chi connectivity index (χ1) is 19.9. The van der Waals surface area contributed by atoms with Crippen molar-refractivity contribution in [1.82, 2.24) is 0 Å². The van der Waals surface area contributed by atoms with Crippen LogP contribution in [0.2, 0.25) is 0 Å². The third-order valence-corrected chi connectivity index (χ3v) is 7.16. The molecule has 8 nitrogen and oxygen atoms in total. The molecule has 4 rings (SSSR count). The molecule has 0 aliphatic heterocycles. The lowest BCUT2D eigenvalue weighted by Crippen LogP contribution is -2.28. The van der Waals surface area contributed by atoms with Gasteiger partial charge in [-0.3, -0.25) is 9.59 Å². The van der Waals surface area contributed by atoms with E-state index in [0.29, 0.717) is 12.8 Å². The zero-order valence-corrected chi connectivity index (χ0v) is 22.8. The maximum atomic E-state index is 12.8. The van der Waals surface area contributed by atoms with Crippen LogP contribution in [-0.4, -0.2) is 50.3 Å². The molecular weight excluding hydrogens is 524 g/mol. The molecule has 0 spiro atoms. The Balaban J connectivity index is 1.57. The molecule has 0 atom stereocenters. The molecule has 0 bridgehead atoms. The van der Waals surface area contributed by atoms with Crippen LogP contribution >= 0.6 is 0 Å². The lowest BCUT2D eigenvalue weighted by atomic mass is 9.71. The van der Waals surface area contributed by atoms with Crippen LogP contribution in [0.15, 0.2) is 86.0 Å². The van der Waals surface area contributed by atoms with Gasteiger partial charge in [-0.2, -0.15) is 0 Å². The molecule has 0 saturated heterocycles. The number of ether oxygens (including phenoxy) is 4. The van der Waals surface area contributed by atoms with Crippen LogP contribution in [0, 0.1) is 0 Å². The minimum Gasteiger partial charge on any atom is -0.462 e. The Hall–Kier alpha value is -4.72. The Kier molecular flexibility index (Phi) is 9.68. The van der Waals surface area contributed by atoms with Crippen LogP contribution in [0.3, 0.4) is 0 Å². The monoisotopic (exact) mass is 556 g/mol. The van der Waals surface area contributed by atoms with Crippen molar-refractivity contribution in [3.05, 3.63) is 97.1 Å². The second-order valence-corrected chi connectivity index (χ2v) is 9.56. The molecule has 0 saturated carbocycles. The average Bonchev–Trinajstić information content (AvgIpc) is 3.26. The molecule has 0 fully saturated rings. The minimum absolute atomic E-state index is 0.0622. The minimum atomic E-state index is -0.654. The van der Waals surface area contributed by atoms with Crippen LogP contribution in [0.4, 0.5) is 0 Å². The Morgan fingerprint density at radius 1 is 0.610 bits per heavy atom. The molecule has 3 aromatic carbocycles. The Morgan fingerprint density at radius 3 is 1.66 bits per heavy atom. The first-order valence-electron chi connectivity index (χ1n) is 13.4. The van der Waals surface area contributed by atoms with Gasteiger partial charge in [0.05, 0.1) is 0 Å². The fourth-order valence-electron chi connectivity index (χ4n) is 5.29. The summed E-state index contributed by atoms with van der Waals surface area (Å²) in [5.74, 6) is -2.04. The van der Waals surface area contributed by atoms with Crippen LogP contribution < -0.4 is 0 Å². The molecule has 1 aliphatic rings. The van der Waals surface area contributed by atoms with Crippen molar-refractivity contribution in [2.45, 2.75) is 31.1 Å². The number of hydrogen-bond acceptors (Lipinski definition) is 8. The number of esters is 4. The van der Waals surface area contributed by atoms with Crippen molar-refractivity contribution in [2.75, 3.05) is 26.4 Å². The SMILES string of the molecule is C=CC(=O)OCCOC(=O)CCC1(CCC(=O)OCCOC(=O)C=C)c2ccccc2-c2cc3ccccc3cc21. The van der Waals surface area contributed by atoms with Gasteiger partial charge < -0.3 is 18.9 Å². The van der Waals surface area contributed by atoms with Gasteiger partial charge in [-0.25, -0.2) is 9.59 Å². The molecule has 3 aromatic rings. The number of benzene rings is 3. The van der Waals surface area contributed by atoms with E-state index in [1.54, 1.807) is 0 Å². The van der Waals surface area contributed by atoms with Gasteiger partial charge in [0, 0.05) is 30.4 Å². The maximum Gasteiger partial charge on any atom is 0.330 e. The molecule has 0 heterocycles. The maximum absolute atomic E-state index is 12.8. The zero-order chi connectivity index (χ0) is 29.2. The van der Waals surface area contributed by atoms with E-state index in [9.17, 15) is 19.2 Å². The highest BCUT2D eigenvalue weighted by atomic mass is 16.6. The number of carbonyl (C=O) groups is 4. The largest absolute Gasteiger partial charge is 0.462 e. The molecule has 0 radical (unpaired) electrons. The average molecular weight is 557 g/mol. The Morgan fingerprint density at radius 2 is 1.10 bits per heavy atom. The molecule has 8 heteroatoms. The summed E-state index contributed by atoms with van der Waals surface area (Å²) in [4.78, 5) is 48.0. The van der Waals surface area contributed by atoms with Gasteiger partial charge in [0.2, 0.25) is 0 Å². The second-order valence-electron chi connectivity index (χ2n) is 9.56. The fourth-order valence-corrected chi connectivity index (χ4v) is 5.29. The fraction of sp³-hybridized carbons (Fsp3) is 0.273. The third-order valence-electron chi connectivity index (χ3n) is 7.16. The summed E-state index contributed by atoms with van der Waals surface area (Å²) in [7, 11) is 0. The van der Waals surface area contributed by atoms with Crippen LogP contribution in [-0.2, 0) is 43.5 Å². The van der Waals surface area contributed by atoms with E-state index >= 15 is 0 Å². The van der Waals surface area contributed by atoms with Crippen molar-refractivity contribution in [1.29, 1.82) is 0 Å². The summed E-state index contributed by atoms with van der Waals surface area (Å²) in [6.07, 6.45) is 3.05. The quantitative estimate of drug-likeness (QED) is 0.115. The van der Waals surface area contributed by atoms with Gasteiger partial charge in [0.1, 0.15) is 26.4 Å². The summed E-state index contributed by atoms with van der Waals surface area (Å²) in [6.45, 7) is 6.42. The van der Waals surface area contributed by atoms with Crippen molar-refractivity contribution < 1.29 is 38.1 Å². The van der Waals surface area contributed by atoms with Gasteiger partial charge in [-0.1, -0.05) is 61.7 Å². The van der Waals surface area contributed by atoms with Crippen molar-refractivity contribution >= 4 is 34.6 Å². The van der Waals surface area contributed by atoms with Gasteiger partial charge in [0.25, 0.3) is 0 Å². The summed E-state index contributed by atoms with van der Waals surface area (Å²) in [5.41, 5.74) is 3.54. The summed E-state index contributed by atoms with van der Waals surface area (Å²) >= 11 is 0. The van der Waals surface area contributed by atoms with Gasteiger partial charge in [0.15, 0.2) is 0 Å². The summed E-state index contributed by atoms with van der Waals surface area (Å²) < 4.78 is 20.4. The Bertz CT molecular complexity index is 1430. The van der Waals surface area contributed by atoms with Crippen molar-refractivity contribution in [3.63, 3.8) is 0 Å². The lowest BCUT2D eigenvalue weighted by molar-refractivity contribution is -0.150. The molecule has 0 amide bonds. The van der Waals surface area contributed by atoms with Gasteiger partial charge in [-0.05, 0) is 58.0 Å².